The largest absolute Gasteiger partial charge is 0.531 e. The van der Waals surface area contributed by atoms with Crippen LogP contribution in [0.15, 0.2) is 0 Å². The van der Waals surface area contributed by atoms with Gasteiger partial charge < -0.3 is 18.4 Å². The zero-order valence-electron chi connectivity index (χ0n) is 10.4. The third kappa shape index (κ3) is 5.16. The molecular formula is C10H24O4SSi. The maximum Gasteiger partial charge on any atom is 0.531 e. The molecule has 1 unspecified atom stereocenters. The lowest BCUT2D eigenvalue weighted by Crippen LogP contribution is -2.56. The molecule has 0 saturated heterocycles. The smallest absolute Gasteiger partial charge is 0.389 e. The molecule has 16 heavy (non-hydrogen) atoms. The monoisotopic (exact) mass is 268 g/mol. The van der Waals surface area contributed by atoms with Crippen molar-refractivity contribution in [2.24, 2.45) is 0 Å². The molecule has 0 aromatic carbocycles. The van der Waals surface area contributed by atoms with E-state index in [-0.39, 0.29) is 0 Å². The minimum atomic E-state index is -2.91. The number of hydrogen-bond donors (Lipinski definition) is 2. The summed E-state index contributed by atoms with van der Waals surface area (Å²) in [5.74, 6) is 0.742. The van der Waals surface area contributed by atoms with Gasteiger partial charge in [-0.2, -0.15) is 12.6 Å². The highest BCUT2D eigenvalue weighted by Gasteiger charge is 2.48. The first-order chi connectivity index (χ1) is 7.66. The lowest BCUT2D eigenvalue weighted by molar-refractivity contribution is 0.0198. The van der Waals surface area contributed by atoms with E-state index < -0.39 is 14.5 Å². The van der Waals surface area contributed by atoms with E-state index in [4.69, 9.17) is 13.3 Å². The summed E-state index contributed by atoms with van der Waals surface area (Å²) in [7, 11) is -2.91. The average Bonchev–Trinajstić information content (AvgIpc) is 2.26. The maximum atomic E-state index is 10.1. The predicted octanol–water partition coefficient (Wildman–Crippen LogP) is 1.64. The third-order valence-electron chi connectivity index (χ3n) is 2.08. The van der Waals surface area contributed by atoms with Crippen LogP contribution in [0.1, 0.15) is 33.6 Å². The van der Waals surface area contributed by atoms with E-state index in [9.17, 15) is 5.11 Å². The molecule has 0 spiro atoms. The van der Waals surface area contributed by atoms with Gasteiger partial charge >= 0.3 is 8.80 Å². The van der Waals surface area contributed by atoms with E-state index in [1.807, 2.05) is 20.8 Å². The Morgan fingerprint density at radius 3 is 1.81 bits per heavy atom. The van der Waals surface area contributed by atoms with Crippen molar-refractivity contribution in [3.63, 3.8) is 0 Å². The molecule has 0 aromatic heterocycles. The Morgan fingerprint density at radius 2 is 1.50 bits per heavy atom. The van der Waals surface area contributed by atoms with Gasteiger partial charge in [0.25, 0.3) is 0 Å². The van der Waals surface area contributed by atoms with Crippen molar-refractivity contribution < 1.29 is 18.4 Å². The van der Waals surface area contributed by atoms with E-state index in [1.54, 1.807) is 0 Å². The third-order valence-corrected chi connectivity index (χ3v) is 5.57. The minimum Gasteiger partial charge on any atom is -0.389 e. The van der Waals surface area contributed by atoms with Crippen LogP contribution in [-0.2, 0) is 13.3 Å². The molecule has 1 N–H and O–H groups in total. The summed E-state index contributed by atoms with van der Waals surface area (Å²) in [5, 5.41) is 10.1. The number of rotatable bonds is 10. The Bertz CT molecular complexity index is 154. The highest BCUT2D eigenvalue weighted by molar-refractivity contribution is 7.80. The van der Waals surface area contributed by atoms with Crippen LogP contribution in [0.5, 0.6) is 0 Å². The summed E-state index contributed by atoms with van der Waals surface area (Å²) >= 11 is 4.13. The van der Waals surface area contributed by atoms with Gasteiger partial charge in [0.2, 0.25) is 0 Å². The van der Waals surface area contributed by atoms with Crippen LogP contribution in [-0.4, -0.2) is 45.2 Å². The molecule has 0 aliphatic heterocycles. The number of thiol groups is 1. The van der Waals surface area contributed by atoms with Gasteiger partial charge in [-0.05, 0) is 39.4 Å². The molecule has 1 atom stereocenters. The summed E-state index contributed by atoms with van der Waals surface area (Å²) in [5.41, 5.74) is -0.653. The fourth-order valence-electron chi connectivity index (χ4n) is 1.48. The van der Waals surface area contributed by atoms with Crippen molar-refractivity contribution in [1.82, 2.24) is 0 Å². The van der Waals surface area contributed by atoms with E-state index in [0.29, 0.717) is 26.2 Å². The van der Waals surface area contributed by atoms with Gasteiger partial charge in [-0.25, -0.2) is 0 Å². The zero-order chi connectivity index (χ0) is 12.4. The maximum absolute atomic E-state index is 10.1. The van der Waals surface area contributed by atoms with E-state index in [0.717, 1.165) is 12.2 Å². The summed E-state index contributed by atoms with van der Waals surface area (Å²) in [6, 6.07) is 0. The molecule has 0 saturated carbocycles. The van der Waals surface area contributed by atoms with Gasteiger partial charge in [0.05, 0.1) is 0 Å². The van der Waals surface area contributed by atoms with Crippen molar-refractivity contribution in [2.75, 3.05) is 25.6 Å². The van der Waals surface area contributed by atoms with E-state index in [1.165, 1.54) is 0 Å². The summed E-state index contributed by atoms with van der Waals surface area (Å²) in [6.45, 7) is 7.11. The summed E-state index contributed by atoms with van der Waals surface area (Å²) in [4.78, 5) is 0. The van der Waals surface area contributed by atoms with Crippen LogP contribution in [0.3, 0.4) is 0 Å². The van der Waals surface area contributed by atoms with Gasteiger partial charge in [0.1, 0.15) is 5.73 Å². The molecule has 6 heteroatoms. The SMILES string of the molecule is CCO[Si](OCC)(OCC)C(O)CCCS. The molecule has 0 aliphatic carbocycles. The summed E-state index contributed by atoms with van der Waals surface area (Å²) < 4.78 is 16.8. The number of aliphatic hydroxyl groups is 1. The Labute approximate surface area is 105 Å². The normalized spacial score (nSPS) is 14.1. The van der Waals surface area contributed by atoms with Gasteiger partial charge in [-0.1, -0.05) is 0 Å². The second-order valence-corrected chi connectivity index (χ2v) is 6.47. The predicted molar refractivity (Wildman–Crippen MR) is 69.7 cm³/mol. The zero-order valence-corrected chi connectivity index (χ0v) is 12.3. The average molecular weight is 268 g/mol. The minimum absolute atomic E-state index is 0.490. The summed E-state index contributed by atoms with van der Waals surface area (Å²) in [6.07, 6.45) is 1.43. The van der Waals surface area contributed by atoms with Crippen LogP contribution < -0.4 is 0 Å². The Kier molecular flexibility index (Phi) is 9.68. The molecule has 0 amide bonds. The Hall–Kier alpha value is 0.407. The van der Waals surface area contributed by atoms with Gasteiger partial charge in [-0.3, -0.25) is 0 Å². The van der Waals surface area contributed by atoms with Crippen molar-refractivity contribution in [1.29, 1.82) is 0 Å². The van der Waals surface area contributed by atoms with Gasteiger partial charge in [0, 0.05) is 19.8 Å². The van der Waals surface area contributed by atoms with Crippen LogP contribution >= 0.6 is 12.6 Å². The van der Waals surface area contributed by atoms with Crippen LogP contribution in [0, 0.1) is 0 Å². The molecule has 0 fully saturated rings. The first-order valence-corrected chi connectivity index (χ1v) is 8.31. The van der Waals surface area contributed by atoms with Crippen LogP contribution in [0.25, 0.3) is 0 Å². The van der Waals surface area contributed by atoms with Crippen molar-refractivity contribution in [3.05, 3.63) is 0 Å². The van der Waals surface area contributed by atoms with E-state index in [2.05, 4.69) is 12.6 Å². The lowest BCUT2D eigenvalue weighted by atomic mass is 10.4. The first-order valence-electron chi connectivity index (χ1n) is 5.87. The molecule has 0 radical (unpaired) electrons. The standard InChI is InChI=1S/C10H24O4SSi/c1-4-12-16(13-5-2,14-6-3)10(11)8-7-9-15/h10-11,15H,4-9H2,1-3H3. The van der Waals surface area contributed by atoms with Crippen LogP contribution in [0.2, 0.25) is 0 Å². The fourth-order valence-corrected chi connectivity index (χ4v) is 4.25. The number of hydrogen-bond acceptors (Lipinski definition) is 5. The van der Waals surface area contributed by atoms with Crippen molar-refractivity contribution in [3.8, 4) is 0 Å². The molecular weight excluding hydrogens is 244 g/mol. The van der Waals surface area contributed by atoms with Gasteiger partial charge in [0.15, 0.2) is 0 Å². The lowest BCUT2D eigenvalue weighted by Gasteiger charge is -2.32. The molecule has 4 nitrogen and oxygen atoms in total. The van der Waals surface area contributed by atoms with Crippen molar-refractivity contribution in [2.45, 2.75) is 39.3 Å². The van der Waals surface area contributed by atoms with E-state index >= 15 is 0 Å². The quantitative estimate of drug-likeness (QED) is 0.467. The van der Waals surface area contributed by atoms with Gasteiger partial charge in [-0.15, -0.1) is 0 Å². The number of aliphatic hydroxyl groups excluding tert-OH is 1. The second kappa shape index (κ2) is 9.44. The molecule has 0 rings (SSSR count). The second-order valence-electron chi connectivity index (χ2n) is 3.28. The Morgan fingerprint density at radius 1 is 1.06 bits per heavy atom. The molecule has 0 aromatic rings. The Balaban J connectivity index is 4.54. The molecule has 0 aliphatic rings. The molecule has 98 valence electrons. The van der Waals surface area contributed by atoms with Crippen molar-refractivity contribution >= 4 is 21.4 Å². The first kappa shape index (κ1) is 16.4. The topological polar surface area (TPSA) is 47.9 Å². The molecule has 0 heterocycles. The van der Waals surface area contributed by atoms with Crippen LogP contribution in [0.4, 0.5) is 0 Å². The molecule has 0 bridgehead atoms. The highest BCUT2D eigenvalue weighted by Crippen LogP contribution is 2.19. The fraction of sp³-hybridized carbons (Fsp3) is 1.00. The highest BCUT2D eigenvalue weighted by atomic mass is 32.1.